The quantitative estimate of drug-likeness (QED) is 0.563. The van der Waals surface area contributed by atoms with Crippen molar-refractivity contribution in [3.8, 4) is 5.75 Å². The molecular formula is C20H30F3N3O6S. The highest BCUT2D eigenvalue weighted by Gasteiger charge is 2.38. The van der Waals surface area contributed by atoms with Crippen LogP contribution in [0.4, 0.5) is 13.2 Å². The Morgan fingerprint density at radius 2 is 1.70 bits per heavy atom. The van der Waals surface area contributed by atoms with Crippen LogP contribution in [0.5, 0.6) is 5.75 Å². The third-order valence-electron chi connectivity index (χ3n) is 4.55. The molecule has 1 heterocycles. The Labute approximate surface area is 191 Å². The fraction of sp³-hybridized carbons (Fsp3) is 0.600. The van der Waals surface area contributed by atoms with Gasteiger partial charge in [0, 0.05) is 45.7 Å². The zero-order valence-electron chi connectivity index (χ0n) is 18.8. The van der Waals surface area contributed by atoms with E-state index in [-0.39, 0.29) is 29.7 Å². The highest BCUT2D eigenvalue weighted by molar-refractivity contribution is 7.89. The van der Waals surface area contributed by atoms with Gasteiger partial charge in [-0.15, -0.1) is 0 Å². The predicted octanol–water partition coefficient (Wildman–Crippen LogP) is 1.80. The Bertz CT molecular complexity index is 870. The summed E-state index contributed by atoms with van der Waals surface area (Å²) in [4.78, 5) is 23.3. The van der Waals surface area contributed by atoms with Crippen LogP contribution in [0.3, 0.4) is 0 Å². The van der Waals surface area contributed by atoms with Gasteiger partial charge >= 0.3 is 12.1 Å². The fourth-order valence-electron chi connectivity index (χ4n) is 2.91. The lowest BCUT2D eigenvalue weighted by atomic mass is 10.2. The minimum absolute atomic E-state index is 0.00480. The van der Waals surface area contributed by atoms with Gasteiger partial charge < -0.3 is 20.1 Å². The molecule has 13 heteroatoms. The molecular weight excluding hydrogens is 467 g/mol. The number of carboxylic acids is 1. The van der Waals surface area contributed by atoms with Crippen molar-refractivity contribution >= 4 is 21.9 Å². The standard InChI is InChI=1S/C18H29N3O4S.C2HF3O2/c1-15(2)14-21(11-8-18(22)20-12-9-19-10-13-20)26(23,24)17-6-4-16(25-3)5-7-17;3-2(4,5)1(6)7/h4-7,15,19H,8-14H2,1-3H3;(H,6,7). The van der Waals surface area contributed by atoms with E-state index in [9.17, 15) is 26.4 Å². The van der Waals surface area contributed by atoms with Crippen LogP contribution in [-0.2, 0) is 19.6 Å². The minimum Gasteiger partial charge on any atom is -0.497 e. The molecule has 1 aromatic carbocycles. The van der Waals surface area contributed by atoms with Crippen molar-refractivity contribution in [1.82, 2.24) is 14.5 Å². The number of hydrogen-bond donors (Lipinski definition) is 2. The van der Waals surface area contributed by atoms with E-state index in [2.05, 4.69) is 5.32 Å². The molecule has 188 valence electrons. The summed E-state index contributed by atoms with van der Waals surface area (Å²) in [5, 5.41) is 10.3. The molecule has 9 nitrogen and oxygen atoms in total. The van der Waals surface area contributed by atoms with E-state index in [0.717, 1.165) is 13.1 Å². The van der Waals surface area contributed by atoms with E-state index in [1.807, 2.05) is 13.8 Å². The second kappa shape index (κ2) is 12.8. The highest BCUT2D eigenvalue weighted by Crippen LogP contribution is 2.21. The third kappa shape index (κ3) is 9.56. The zero-order valence-corrected chi connectivity index (χ0v) is 19.6. The number of benzene rings is 1. The van der Waals surface area contributed by atoms with E-state index in [1.54, 1.807) is 29.2 Å². The first kappa shape index (κ1) is 28.7. The van der Waals surface area contributed by atoms with E-state index >= 15 is 0 Å². The lowest BCUT2D eigenvalue weighted by Crippen LogP contribution is -2.47. The van der Waals surface area contributed by atoms with Crippen molar-refractivity contribution in [3.63, 3.8) is 0 Å². The zero-order chi connectivity index (χ0) is 25.2. The lowest BCUT2D eigenvalue weighted by Gasteiger charge is -2.29. The number of amides is 1. The molecule has 1 aromatic rings. The maximum Gasteiger partial charge on any atom is 0.490 e. The average molecular weight is 498 g/mol. The highest BCUT2D eigenvalue weighted by atomic mass is 32.2. The van der Waals surface area contributed by atoms with Crippen molar-refractivity contribution in [2.75, 3.05) is 46.4 Å². The van der Waals surface area contributed by atoms with Gasteiger partial charge in [-0.05, 0) is 30.2 Å². The molecule has 0 saturated carbocycles. The Kier molecular flexibility index (Phi) is 11.1. The van der Waals surface area contributed by atoms with Crippen LogP contribution in [0.2, 0.25) is 0 Å². The van der Waals surface area contributed by atoms with Crippen LogP contribution in [0.1, 0.15) is 20.3 Å². The number of carboxylic acid groups (broad SMARTS) is 1. The van der Waals surface area contributed by atoms with Crippen molar-refractivity contribution in [1.29, 1.82) is 0 Å². The predicted molar refractivity (Wildman–Crippen MR) is 114 cm³/mol. The van der Waals surface area contributed by atoms with Gasteiger partial charge in [-0.2, -0.15) is 17.5 Å². The monoisotopic (exact) mass is 497 g/mol. The summed E-state index contributed by atoms with van der Waals surface area (Å²) in [6.07, 6.45) is -4.89. The molecule has 2 rings (SSSR count). The van der Waals surface area contributed by atoms with Crippen LogP contribution >= 0.6 is 0 Å². The summed E-state index contributed by atoms with van der Waals surface area (Å²) in [6, 6.07) is 6.35. The van der Waals surface area contributed by atoms with Gasteiger partial charge in [-0.3, -0.25) is 4.79 Å². The summed E-state index contributed by atoms with van der Waals surface area (Å²) in [5.74, 6) is -1.98. The maximum atomic E-state index is 13.0. The van der Waals surface area contributed by atoms with Crippen LogP contribution in [0.25, 0.3) is 0 Å². The number of rotatable bonds is 8. The number of carbonyl (C=O) groups is 2. The fourth-order valence-corrected chi connectivity index (χ4v) is 4.51. The number of piperazine rings is 1. The topological polar surface area (TPSA) is 116 Å². The van der Waals surface area contributed by atoms with Crippen LogP contribution in [0, 0.1) is 5.92 Å². The van der Waals surface area contributed by atoms with Crippen molar-refractivity contribution in [3.05, 3.63) is 24.3 Å². The Balaban J connectivity index is 0.000000675. The minimum atomic E-state index is -5.08. The van der Waals surface area contributed by atoms with E-state index in [4.69, 9.17) is 14.6 Å². The normalized spacial score (nSPS) is 14.6. The lowest BCUT2D eigenvalue weighted by molar-refractivity contribution is -0.192. The van der Waals surface area contributed by atoms with E-state index < -0.39 is 22.2 Å². The summed E-state index contributed by atoms with van der Waals surface area (Å²) in [7, 11) is -2.11. The van der Waals surface area contributed by atoms with Crippen molar-refractivity contribution in [2.45, 2.75) is 31.3 Å². The molecule has 0 aliphatic carbocycles. The number of nitrogens with one attached hydrogen (secondary N) is 1. The molecule has 0 aromatic heterocycles. The van der Waals surface area contributed by atoms with Gasteiger partial charge in [0.2, 0.25) is 15.9 Å². The number of sulfonamides is 1. The molecule has 0 unspecified atom stereocenters. The molecule has 0 radical (unpaired) electrons. The SMILES string of the molecule is COc1ccc(S(=O)(=O)N(CCC(=O)N2CCNCC2)CC(C)C)cc1.O=C(O)C(F)(F)F. The molecule has 1 aliphatic heterocycles. The Morgan fingerprint density at radius 1 is 1.18 bits per heavy atom. The number of ether oxygens (including phenoxy) is 1. The van der Waals surface area contributed by atoms with Gasteiger partial charge in [0.25, 0.3) is 0 Å². The Hall–Kier alpha value is -2.38. The van der Waals surface area contributed by atoms with Gasteiger partial charge in [0.05, 0.1) is 12.0 Å². The van der Waals surface area contributed by atoms with Crippen LogP contribution < -0.4 is 10.1 Å². The number of halogens is 3. The van der Waals surface area contributed by atoms with Gasteiger partial charge in [-0.1, -0.05) is 13.8 Å². The number of aliphatic carboxylic acids is 1. The first-order valence-electron chi connectivity index (χ1n) is 10.2. The number of hydrogen-bond acceptors (Lipinski definition) is 6. The molecule has 1 aliphatic rings. The summed E-state index contributed by atoms with van der Waals surface area (Å²) < 4.78 is 64.3. The Morgan fingerprint density at radius 3 is 2.12 bits per heavy atom. The van der Waals surface area contributed by atoms with Gasteiger partial charge in [0.1, 0.15) is 5.75 Å². The average Bonchev–Trinajstić information content (AvgIpc) is 2.76. The van der Waals surface area contributed by atoms with E-state index in [0.29, 0.717) is 25.4 Å². The summed E-state index contributed by atoms with van der Waals surface area (Å²) >= 11 is 0. The summed E-state index contributed by atoms with van der Waals surface area (Å²) in [5.41, 5.74) is 0. The molecule has 0 bridgehead atoms. The van der Waals surface area contributed by atoms with Crippen molar-refractivity contribution in [2.24, 2.45) is 5.92 Å². The second-order valence-corrected chi connectivity index (χ2v) is 9.55. The molecule has 2 N–H and O–H groups in total. The van der Waals surface area contributed by atoms with Crippen molar-refractivity contribution < 1.29 is 41.0 Å². The number of methoxy groups -OCH3 is 1. The smallest absolute Gasteiger partial charge is 0.490 e. The largest absolute Gasteiger partial charge is 0.497 e. The van der Waals surface area contributed by atoms with Crippen LogP contribution in [-0.4, -0.2) is 87.2 Å². The van der Waals surface area contributed by atoms with E-state index in [1.165, 1.54) is 11.4 Å². The van der Waals surface area contributed by atoms with Crippen LogP contribution in [0.15, 0.2) is 29.2 Å². The number of alkyl halides is 3. The second-order valence-electron chi connectivity index (χ2n) is 7.62. The number of carbonyl (C=O) groups excluding carboxylic acids is 1. The maximum absolute atomic E-state index is 13.0. The molecule has 1 fully saturated rings. The third-order valence-corrected chi connectivity index (χ3v) is 6.43. The van der Waals surface area contributed by atoms with Gasteiger partial charge in [-0.25, -0.2) is 13.2 Å². The molecule has 0 spiro atoms. The first-order valence-corrected chi connectivity index (χ1v) is 11.7. The molecule has 33 heavy (non-hydrogen) atoms. The molecule has 1 saturated heterocycles. The molecule has 0 atom stereocenters. The molecule has 1 amide bonds. The first-order chi connectivity index (χ1) is 15.3. The van der Waals surface area contributed by atoms with Gasteiger partial charge in [0.15, 0.2) is 0 Å². The number of nitrogens with zero attached hydrogens (tertiary/aromatic N) is 2. The summed E-state index contributed by atoms with van der Waals surface area (Å²) in [6.45, 7) is 7.42.